The van der Waals surface area contributed by atoms with E-state index in [4.69, 9.17) is 0 Å². The van der Waals surface area contributed by atoms with Gasteiger partial charge in [-0.25, -0.2) is 0 Å². The van der Waals surface area contributed by atoms with Crippen LogP contribution in [0.2, 0.25) is 0 Å². The fraction of sp³-hybridized carbons (Fsp3) is 0.846. The van der Waals surface area contributed by atoms with Gasteiger partial charge in [0.15, 0.2) is 0 Å². The number of nitrogens with zero attached hydrogens (tertiary/aromatic N) is 2. The monoisotopic (exact) mass is 284 g/mol. The lowest BCUT2D eigenvalue weighted by atomic mass is 9.95. The maximum absolute atomic E-state index is 11.9. The van der Waals surface area contributed by atoms with Crippen LogP contribution in [-0.4, -0.2) is 59.7 Å². The minimum atomic E-state index is -0.286. The zero-order valence-electron chi connectivity index (χ0n) is 11.3. The maximum atomic E-state index is 11.9. The highest BCUT2D eigenvalue weighted by Gasteiger charge is 2.20. The summed E-state index contributed by atoms with van der Waals surface area (Å²) in [4.78, 5) is 26.7. The molecule has 1 N–H and O–H groups in total. The molecule has 108 valence electrons. The van der Waals surface area contributed by atoms with Gasteiger partial charge in [0.05, 0.1) is 6.54 Å². The predicted molar refractivity (Wildman–Crippen MR) is 75.8 cm³/mol. The lowest BCUT2D eigenvalue weighted by molar-refractivity contribution is -0.123. The zero-order chi connectivity index (χ0) is 13.7. The van der Waals surface area contributed by atoms with Crippen LogP contribution in [0.4, 0.5) is 4.79 Å². The van der Waals surface area contributed by atoms with E-state index in [-0.39, 0.29) is 11.1 Å². The number of carbonyl (C=O) groups excluding carboxylic acids is 2. The molecule has 0 aromatic carbocycles. The van der Waals surface area contributed by atoms with Gasteiger partial charge in [0.1, 0.15) is 5.24 Å². The first-order chi connectivity index (χ1) is 9.15. The molecular weight excluding hydrogens is 262 g/mol. The number of hydrogen-bond donors (Lipinski definition) is 1. The fourth-order valence-corrected chi connectivity index (χ4v) is 2.99. The Balaban J connectivity index is 1.67. The van der Waals surface area contributed by atoms with E-state index in [9.17, 15) is 9.59 Å². The quantitative estimate of drug-likeness (QED) is 0.776. The van der Waals surface area contributed by atoms with Crippen LogP contribution in [-0.2, 0) is 17.4 Å². The highest BCUT2D eigenvalue weighted by atomic mass is 32.1. The van der Waals surface area contributed by atoms with Crippen LogP contribution >= 0.6 is 0 Å². The highest BCUT2D eigenvalue weighted by Crippen LogP contribution is 2.17. The molecule has 0 radical (unpaired) electrons. The van der Waals surface area contributed by atoms with Crippen LogP contribution in [0.3, 0.4) is 0 Å². The molecule has 2 aliphatic rings. The van der Waals surface area contributed by atoms with Gasteiger partial charge in [-0.2, -0.15) is 0 Å². The Bertz CT molecular complexity index is 324. The van der Waals surface area contributed by atoms with Crippen molar-refractivity contribution in [2.24, 2.45) is 0 Å². The van der Waals surface area contributed by atoms with Crippen molar-refractivity contribution in [2.75, 3.05) is 32.7 Å². The van der Waals surface area contributed by atoms with Crippen molar-refractivity contribution in [3.05, 3.63) is 0 Å². The summed E-state index contributed by atoms with van der Waals surface area (Å²) in [6, 6.07) is 0.372. The highest BCUT2D eigenvalue weighted by molar-refractivity contribution is 7.76. The predicted octanol–water partition coefficient (Wildman–Crippen LogP) is 0.720. The summed E-state index contributed by atoms with van der Waals surface area (Å²) < 4.78 is 0. The van der Waals surface area contributed by atoms with Crippen LogP contribution < -0.4 is 5.32 Å². The summed E-state index contributed by atoms with van der Waals surface area (Å²) in [5.41, 5.74) is 0. The summed E-state index contributed by atoms with van der Waals surface area (Å²) in [5.74, 6) is 0.116. The SMILES string of the molecule is O=C(CN1CCN(C(=O)[S-])CC1)NC1CCCCC1. The standard InChI is InChI=1S/C13H23N3O2S/c17-12(14-11-4-2-1-3-5-11)10-15-6-8-16(9-7-15)13(18)19/h11H,1-10H2,(H,14,17)(H,18,19)/p-1. The molecule has 0 spiro atoms. The molecule has 1 saturated heterocycles. The van der Waals surface area contributed by atoms with E-state index in [1.165, 1.54) is 19.3 Å². The van der Waals surface area contributed by atoms with E-state index in [0.717, 1.165) is 25.9 Å². The van der Waals surface area contributed by atoms with Gasteiger partial charge < -0.3 is 27.6 Å². The van der Waals surface area contributed by atoms with Crippen molar-refractivity contribution in [1.29, 1.82) is 0 Å². The normalized spacial score (nSPS) is 22.2. The minimum Gasteiger partial charge on any atom is -0.719 e. The molecule has 5 nitrogen and oxygen atoms in total. The van der Waals surface area contributed by atoms with E-state index in [2.05, 4.69) is 22.8 Å². The molecule has 6 heteroatoms. The molecule has 1 heterocycles. The molecule has 1 aliphatic heterocycles. The first-order valence-electron chi connectivity index (χ1n) is 7.13. The first kappa shape index (κ1) is 14.5. The maximum Gasteiger partial charge on any atom is 0.234 e. The Morgan fingerprint density at radius 2 is 1.68 bits per heavy atom. The number of nitrogens with one attached hydrogen (secondary N) is 1. The topological polar surface area (TPSA) is 52.7 Å². The van der Waals surface area contributed by atoms with E-state index in [1.807, 2.05) is 0 Å². The largest absolute Gasteiger partial charge is 0.719 e. The fourth-order valence-electron chi connectivity index (χ4n) is 2.81. The molecule has 0 unspecified atom stereocenters. The van der Waals surface area contributed by atoms with Crippen molar-refractivity contribution in [3.63, 3.8) is 0 Å². The molecule has 1 aliphatic carbocycles. The second-order valence-corrected chi connectivity index (χ2v) is 5.78. The number of piperazine rings is 1. The number of rotatable bonds is 3. The van der Waals surface area contributed by atoms with Crippen molar-refractivity contribution in [2.45, 2.75) is 38.1 Å². The van der Waals surface area contributed by atoms with E-state index < -0.39 is 0 Å². The smallest absolute Gasteiger partial charge is 0.234 e. The lowest BCUT2D eigenvalue weighted by Crippen LogP contribution is -2.51. The van der Waals surface area contributed by atoms with E-state index in [1.54, 1.807) is 4.90 Å². The van der Waals surface area contributed by atoms with E-state index in [0.29, 0.717) is 25.7 Å². The van der Waals surface area contributed by atoms with Gasteiger partial charge in [0, 0.05) is 32.2 Å². The Morgan fingerprint density at radius 1 is 1.05 bits per heavy atom. The lowest BCUT2D eigenvalue weighted by Gasteiger charge is -2.36. The van der Waals surface area contributed by atoms with Crippen LogP contribution in [0.25, 0.3) is 0 Å². The van der Waals surface area contributed by atoms with Gasteiger partial charge in [0.25, 0.3) is 0 Å². The third-order valence-corrected chi connectivity index (χ3v) is 4.23. The zero-order valence-corrected chi connectivity index (χ0v) is 12.1. The summed E-state index contributed by atoms with van der Waals surface area (Å²) in [7, 11) is 0. The number of hydrogen-bond acceptors (Lipinski definition) is 4. The van der Waals surface area contributed by atoms with Crippen LogP contribution in [0.1, 0.15) is 32.1 Å². The van der Waals surface area contributed by atoms with Crippen molar-refractivity contribution < 1.29 is 9.59 Å². The second kappa shape index (κ2) is 7.05. The van der Waals surface area contributed by atoms with Gasteiger partial charge in [0.2, 0.25) is 5.91 Å². The summed E-state index contributed by atoms with van der Waals surface area (Å²) >= 11 is 4.62. The van der Waals surface area contributed by atoms with Crippen molar-refractivity contribution in [1.82, 2.24) is 15.1 Å². The van der Waals surface area contributed by atoms with Gasteiger partial charge in [-0.1, -0.05) is 19.3 Å². The molecule has 0 atom stereocenters. The third-order valence-electron chi connectivity index (χ3n) is 3.97. The Labute approximate surface area is 120 Å². The minimum absolute atomic E-state index is 0.116. The Hall–Kier alpha value is -0.880. The molecule has 19 heavy (non-hydrogen) atoms. The van der Waals surface area contributed by atoms with Gasteiger partial charge in [-0.05, 0) is 12.8 Å². The molecule has 1 saturated carbocycles. The summed E-state index contributed by atoms with van der Waals surface area (Å²) in [6.45, 7) is 3.19. The van der Waals surface area contributed by atoms with Gasteiger partial charge in [-0.3, -0.25) is 9.69 Å². The number of amides is 2. The summed E-state index contributed by atoms with van der Waals surface area (Å²) in [5, 5.41) is 2.83. The van der Waals surface area contributed by atoms with Crippen molar-refractivity contribution >= 4 is 23.8 Å². The van der Waals surface area contributed by atoms with Crippen molar-refractivity contribution in [3.8, 4) is 0 Å². The van der Waals surface area contributed by atoms with Gasteiger partial charge in [-0.15, -0.1) is 0 Å². The summed E-state index contributed by atoms with van der Waals surface area (Å²) in [6.07, 6.45) is 5.98. The third kappa shape index (κ3) is 4.62. The second-order valence-electron chi connectivity index (χ2n) is 5.43. The average molecular weight is 284 g/mol. The Morgan fingerprint density at radius 3 is 2.26 bits per heavy atom. The molecule has 2 fully saturated rings. The molecule has 0 aromatic rings. The van der Waals surface area contributed by atoms with Crippen LogP contribution in [0.5, 0.6) is 0 Å². The Kier molecular flexibility index (Phi) is 5.39. The average Bonchev–Trinajstić information content (AvgIpc) is 2.40. The molecule has 2 amide bonds. The van der Waals surface area contributed by atoms with Crippen LogP contribution in [0, 0.1) is 0 Å². The van der Waals surface area contributed by atoms with E-state index >= 15 is 0 Å². The first-order valence-corrected chi connectivity index (χ1v) is 7.53. The molecular formula is C13H22N3O2S-. The number of carbonyl (C=O) groups is 2. The molecule has 0 bridgehead atoms. The van der Waals surface area contributed by atoms with Crippen LogP contribution in [0.15, 0.2) is 0 Å². The molecule has 0 aromatic heterocycles. The molecule has 2 rings (SSSR count). The van der Waals surface area contributed by atoms with Gasteiger partial charge >= 0.3 is 0 Å².